The summed E-state index contributed by atoms with van der Waals surface area (Å²) in [5, 5.41) is 3.07. The Bertz CT molecular complexity index is 3380. The van der Waals surface area contributed by atoms with Gasteiger partial charge in [0.15, 0.2) is 0 Å². The van der Waals surface area contributed by atoms with Crippen molar-refractivity contribution in [3.8, 4) is 68.5 Å². The number of fused-ring (bicyclic) bond motifs is 20. The van der Waals surface area contributed by atoms with Gasteiger partial charge in [-0.25, -0.2) is 9.97 Å². The maximum absolute atomic E-state index is 6.65. The van der Waals surface area contributed by atoms with Gasteiger partial charge in [0.25, 0.3) is 0 Å². The molecule has 0 radical (unpaired) electrons. The summed E-state index contributed by atoms with van der Waals surface area (Å²) in [6.07, 6.45) is 0. The standard InChI is InChI=1S/C48H34N10O2.Zn/c1-57(2)27-13-9-15-29(25-27)59-37-23-11-21-35-39(37)48-54-45(35)52-43-32-18-6-5-17-31(32)41(50-43)49-42-33-19-7-8-20-34(33)44(51-42)53-47-40-36(46(55-47)56-48)22-12-24-38(40)60-30-16-10-14-28(26-30)58(3)4;/h5-26H,1-4H3;/q-2;+2. The fourth-order valence-corrected chi connectivity index (χ4v) is 7.67. The van der Waals surface area contributed by atoms with Crippen molar-refractivity contribution in [1.82, 2.24) is 39.9 Å². The Kier molecular flexibility index (Phi) is 9.26. The summed E-state index contributed by atoms with van der Waals surface area (Å²) >= 11 is 0. The number of benzene rings is 6. The predicted molar refractivity (Wildman–Crippen MR) is 236 cm³/mol. The van der Waals surface area contributed by atoms with E-state index in [0.717, 1.165) is 44.2 Å². The van der Waals surface area contributed by atoms with E-state index in [1.54, 1.807) is 0 Å². The Hall–Kier alpha value is -7.50. The Labute approximate surface area is 362 Å². The van der Waals surface area contributed by atoms with Crippen molar-refractivity contribution < 1.29 is 29.0 Å². The topological polar surface area (TPSA) is 130 Å². The van der Waals surface area contributed by atoms with E-state index < -0.39 is 0 Å². The molecule has 0 amide bonds. The first kappa shape index (κ1) is 37.8. The first-order valence-electron chi connectivity index (χ1n) is 19.4. The molecule has 0 fully saturated rings. The van der Waals surface area contributed by atoms with Crippen LogP contribution in [0.5, 0.6) is 23.0 Å². The minimum Gasteiger partial charge on any atom is -0.457 e. The third kappa shape index (κ3) is 6.59. The second kappa shape index (κ2) is 15.0. The minimum atomic E-state index is 0. The van der Waals surface area contributed by atoms with Crippen LogP contribution in [0, 0.1) is 0 Å². The summed E-state index contributed by atoms with van der Waals surface area (Å²) in [6, 6.07) is 43.3. The SMILES string of the molecule is CN(C)c1cccc(Oc2cccc3c2-c2nc-3nc3[n-]c(nc4nc(nc5[n-]c(n2)c2cccc(Oc6cccc(N(C)C)c6)c52)-c2ccccc2-4)c2ccccc32)c1.[Zn+2]. The molecule has 13 heteroatoms. The van der Waals surface area contributed by atoms with E-state index in [1.165, 1.54) is 0 Å². The number of hydrogen-bond acceptors (Lipinski definition) is 10. The van der Waals surface area contributed by atoms with Crippen molar-refractivity contribution in [2.24, 2.45) is 0 Å². The number of aromatic nitrogens is 8. The molecule has 61 heavy (non-hydrogen) atoms. The summed E-state index contributed by atoms with van der Waals surface area (Å²) < 4.78 is 13.3. The molecule has 0 saturated carbocycles. The molecule has 9 aromatic rings. The number of anilines is 2. The van der Waals surface area contributed by atoms with Crippen molar-refractivity contribution in [3.05, 3.63) is 133 Å². The zero-order valence-corrected chi connectivity index (χ0v) is 36.7. The summed E-state index contributed by atoms with van der Waals surface area (Å²) in [7, 11) is 7.99. The van der Waals surface area contributed by atoms with Crippen LogP contribution in [0.25, 0.3) is 89.7 Å². The first-order valence-corrected chi connectivity index (χ1v) is 19.4. The smallest absolute Gasteiger partial charge is 0.457 e. The van der Waals surface area contributed by atoms with Crippen LogP contribution in [-0.4, -0.2) is 58.1 Å². The minimum absolute atomic E-state index is 0. The number of ether oxygens (including phenoxy) is 2. The second-order valence-electron chi connectivity index (χ2n) is 14.9. The van der Waals surface area contributed by atoms with E-state index >= 15 is 0 Å². The fourth-order valence-electron chi connectivity index (χ4n) is 7.67. The van der Waals surface area contributed by atoms with Crippen LogP contribution in [0.1, 0.15) is 0 Å². The average Bonchev–Trinajstić information content (AvgIpc) is 4.00. The van der Waals surface area contributed by atoms with Crippen LogP contribution in [0.3, 0.4) is 0 Å². The summed E-state index contributed by atoms with van der Waals surface area (Å²) in [4.78, 5) is 44.9. The van der Waals surface area contributed by atoms with Crippen LogP contribution in [0.4, 0.5) is 11.4 Å². The molecule has 3 aromatic heterocycles. The van der Waals surface area contributed by atoms with Gasteiger partial charge in [-0.1, -0.05) is 84.9 Å². The normalized spacial score (nSPS) is 11.5. The van der Waals surface area contributed by atoms with Crippen molar-refractivity contribution in [1.29, 1.82) is 0 Å². The van der Waals surface area contributed by atoms with E-state index in [2.05, 4.69) is 0 Å². The third-order valence-corrected chi connectivity index (χ3v) is 10.6. The van der Waals surface area contributed by atoms with E-state index in [9.17, 15) is 0 Å². The zero-order chi connectivity index (χ0) is 40.5. The summed E-state index contributed by atoms with van der Waals surface area (Å²) in [5.74, 6) is 4.23. The molecule has 5 heterocycles. The van der Waals surface area contributed by atoms with Gasteiger partial charge in [0, 0.05) is 96.4 Å². The van der Waals surface area contributed by atoms with Gasteiger partial charge in [-0.15, -0.1) is 0 Å². The van der Waals surface area contributed by atoms with Crippen molar-refractivity contribution in [2.45, 2.75) is 0 Å². The first-order chi connectivity index (χ1) is 29.3. The molecule has 8 bridgehead atoms. The van der Waals surface area contributed by atoms with Gasteiger partial charge in [-0.05, 0) is 52.6 Å². The molecule has 0 unspecified atom stereocenters. The maximum atomic E-state index is 6.65. The molecule has 11 rings (SSSR count). The molecule has 0 N–H and O–H groups in total. The van der Waals surface area contributed by atoms with Gasteiger partial charge in [-0.3, -0.25) is 0 Å². The Morgan fingerprint density at radius 2 is 0.852 bits per heavy atom. The second-order valence-corrected chi connectivity index (χ2v) is 14.9. The molecule has 0 aliphatic carbocycles. The molecule has 0 spiro atoms. The summed E-state index contributed by atoms with van der Waals surface area (Å²) in [6.45, 7) is 0. The largest absolute Gasteiger partial charge is 2.00 e. The van der Waals surface area contributed by atoms with Gasteiger partial charge in [-0.2, -0.15) is 0 Å². The molecule has 0 saturated heterocycles. The van der Waals surface area contributed by atoms with E-state index in [4.69, 9.17) is 49.3 Å². The molecular formula is C48H34N10O2Zn. The van der Waals surface area contributed by atoms with Gasteiger partial charge in [0.05, 0.1) is 28.9 Å². The molecule has 12 nitrogen and oxygen atoms in total. The van der Waals surface area contributed by atoms with Crippen LogP contribution in [0.2, 0.25) is 0 Å². The van der Waals surface area contributed by atoms with Crippen LogP contribution in [0.15, 0.2) is 133 Å². The Balaban J connectivity index is 0.00000445. The van der Waals surface area contributed by atoms with Crippen molar-refractivity contribution in [3.63, 3.8) is 0 Å². The fraction of sp³-hybridized carbons (Fsp3) is 0.0833. The number of hydrogen-bond donors (Lipinski definition) is 0. The van der Waals surface area contributed by atoms with Gasteiger partial charge < -0.3 is 49.2 Å². The number of rotatable bonds is 6. The summed E-state index contributed by atoms with van der Waals surface area (Å²) in [5.41, 5.74) is 6.84. The van der Waals surface area contributed by atoms with Gasteiger partial charge in [0.1, 0.15) is 23.0 Å². The van der Waals surface area contributed by atoms with E-state index in [-0.39, 0.29) is 19.5 Å². The molecule has 2 aliphatic heterocycles. The van der Waals surface area contributed by atoms with Gasteiger partial charge in [0.2, 0.25) is 0 Å². The van der Waals surface area contributed by atoms with Gasteiger partial charge >= 0.3 is 19.5 Å². The Morgan fingerprint density at radius 3 is 1.49 bits per heavy atom. The maximum Gasteiger partial charge on any atom is 2.00 e. The predicted octanol–water partition coefficient (Wildman–Crippen LogP) is 9.84. The molecular weight excluding hydrogens is 814 g/mol. The molecule has 0 atom stereocenters. The average molecular weight is 848 g/mol. The third-order valence-electron chi connectivity index (χ3n) is 10.6. The van der Waals surface area contributed by atoms with Crippen LogP contribution >= 0.6 is 0 Å². The monoisotopic (exact) mass is 846 g/mol. The quantitative estimate of drug-likeness (QED) is 0.148. The van der Waals surface area contributed by atoms with Crippen LogP contribution in [-0.2, 0) is 19.5 Å². The van der Waals surface area contributed by atoms with Crippen LogP contribution < -0.4 is 29.2 Å². The zero-order valence-electron chi connectivity index (χ0n) is 33.7. The van der Waals surface area contributed by atoms with E-state index in [0.29, 0.717) is 79.8 Å². The molecule has 2 aliphatic rings. The number of nitrogens with zero attached hydrogens (tertiary/aromatic N) is 10. The Morgan fingerprint density at radius 1 is 0.410 bits per heavy atom. The van der Waals surface area contributed by atoms with Crippen molar-refractivity contribution in [2.75, 3.05) is 38.0 Å². The van der Waals surface area contributed by atoms with Crippen molar-refractivity contribution >= 4 is 55.5 Å². The van der Waals surface area contributed by atoms with E-state index in [1.807, 2.05) is 171 Å². The molecule has 290 valence electrons. The molecule has 6 aromatic carbocycles.